The van der Waals surface area contributed by atoms with Crippen molar-refractivity contribution in [3.8, 4) is 0 Å². The molecule has 0 saturated carbocycles. The first-order valence-electron chi connectivity index (χ1n) is 7.01. The maximum Gasteiger partial charge on any atom is 0.220 e. The Hall–Kier alpha value is -1.88. The van der Waals surface area contributed by atoms with Gasteiger partial charge in [-0.2, -0.15) is 0 Å². The van der Waals surface area contributed by atoms with E-state index in [0.717, 1.165) is 24.0 Å². The predicted octanol–water partition coefficient (Wildman–Crippen LogP) is 1.70. The zero-order valence-electron chi connectivity index (χ0n) is 11.7. The second-order valence-corrected chi connectivity index (χ2v) is 5.02. The highest BCUT2D eigenvalue weighted by Crippen LogP contribution is 2.11. The number of fused-ring (bicyclic) bond motifs is 1. The lowest BCUT2D eigenvalue weighted by Gasteiger charge is -2.07. The molecule has 1 amide bonds. The minimum absolute atomic E-state index is 0.00129. The van der Waals surface area contributed by atoms with Crippen molar-refractivity contribution in [2.45, 2.75) is 38.8 Å². The number of aryl methyl sites for hydroxylation is 1. The number of hydrogen-bond acceptors (Lipinski definition) is 3. The number of aliphatic hydroxyl groups is 1. The molecule has 2 N–H and O–H groups in total. The van der Waals surface area contributed by atoms with Gasteiger partial charge in [-0.3, -0.25) is 4.79 Å². The number of imidazole rings is 1. The molecule has 108 valence electrons. The van der Waals surface area contributed by atoms with Gasteiger partial charge >= 0.3 is 0 Å². The lowest BCUT2D eigenvalue weighted by molar-refractivity contribution is -0.121. The zero-order valence-corrected chi connectivity index (χ0v) is 11.7. The number of nitrogens with zero attached hydrogens (tertiary/aromatic N) is 2. The highest BCUT2D eigenvalue weighted by Gasteiger charge is 2.04. The Kier molecular flexibility index (Phi) is 5.12. The fourth-order valence-corrected chi connectivity index (χ4v) is 2.09. The van der Waals surface area contributed by atoms with Crippen LogP contribution in [-0.4, -0.2) is 33.2 Å². The third-order valence-electron chi connectivity index (χ3n) is 3.21. The molecule has 0 bridgehead atoms. The average Bonchev–Trinajstić information content (AvgIpc) is 2.85. The number of carbonyl (C=O) groups is 1. The molecule has 2 rings (SSSR count). The summed E-state index contributed by atoms with van der Waals surface area (Å²) in [5.74, 6) is 0.00129. The second-order valence-electron chi connectivity index (χ2n) is 5.02. The van der Waals surface area contributed by atoms with E-state index < -0.39 is 6.10 Å². The van der Waals surface area contributed by atoms with Crippen LogP contribution in [0.25, 0.3) is 11.0 Å². The number of amides is 1. The molecule has 0 saturated heterocycles. The standard InChI is InChI=1S/C15H21N3O2/c1-12(19)7-8-15(20)16-9-4-10-18-11-17-13-5-2-3-6-14(13)18/h2-3,5-6,11-12,19H,4,7-10H2,1H3,(H,16,20). The van der Waals surface area contributed by atoms with Crippen molar-refractivity contribution in [3.05, 3.63) is 30.6 Å². The highest BCUT2D eigenvalue weighted by atomic mass is 16.3. The van der Waals surface area contributed by atoms with Crippen LogP contribution in [0.4, 0.5) is 0 Å². The lowest BCUT2D eigenvalue weighted by Crippen LogP contribution is -2.25. The SMILES string of the molecule is CC(O)CCC(=O)NCCCn1cnc2ccccc21. The van der Waals surface area contributed by atoms with Crippen LogP contribution in [-0.2, 0) is 11.3 Å². The fraction of sp³-hybridized carbons (Fsp3) is 0.467. The Labute approximate surface area is 118 Å². The molecule has 0 radical (unpaired) electrons. The number of aromatic nitrogens is 2. The van der Waals surface area contributed by atoms with Gasteiger partial charge in [0.05, 0.1) is 23.5 Å². The summed E-state index contributed by atoms with van der Waals surface area (Å²) in [5, 5.41) is 12.0. The van der Waals surface area contributed by atoms with Crippen molar-refractivity contribution in [1.82, 2.24) is 14.9 Å². The van der Waals surface area contributed by atoms with Crippen molar-refractivity contribution >= 4 is 16.9 Å². The van der Waals surface area contributed by atoms with Crippen molar-refractivity contribution in [1.29, 1.82) is 0 Å². The Morgan fingerprint density at radius 2 is 2.25 bits per heavy atom. The van der Waals surface area contributed by atoms with Gasteiger partial charge in [0.1, 0.15) is 0 Å². The minimum Gasteiger partial charge on any atom is -0.393 e. The van der Waals surface area contributed by atoms with Crippen LogP contribution in [0.5, 0.6) is 0 Å². The van der Waals surface area contributed by atoms with Crippen molar-refractivity contribution in [3.63, 3.8) is 0 Å². The lowest BCUT2D eigenvalue weighted by atomic mass is 10.2. The topological polar surface area (TPSA) is 67.2 Å². The van der Waals surface area contributed by atoms with Gasteiger partial charge in [-0.1, -0.05) is 12.1 Å². The van der Waals surface area contributed by atoms with E-state index in [1.165, 1.54) is 0 Å². The Bertz CT molecular complexity index is 563. The molecule has 1 atom stereocenters. The summed E-state index contributed by atoms with van der Waals surface area (Å²) in [6, 6.07) is 8.01. The zero-order chi connectivity index (χ0) is 14.4. The monoisotopic (exact) mass is 275 g/mol. The Balaban J connectivity index is 1.72. The van der Waals surface area contributed by atoms with E-state index in [1.807, 2.05) is 30.6 Å². The molecule has 2 aromatic rings. The minimum atomic E-state index is -0.418. The number of aliphatic hydroxyl groups excluding tert-OH is 1. The van der Waals surface area contributed by atoms with E-state index in [-0.39, 0.29) is 5.91 Å². The van der Waals surface area contributed by atoms with Crippen molar-refractivity contribution in [2.24, 2.45) is 0 Å². The van der Waals surface area contributed by atoms with Gasteiger partial charge in [0.15, 0.2) is 0 Å². The molecule has 1 aromatic carbocycles. The fourth-order valence-electron chi connectivity index (χ4n) is 2.09. The number of benzene rings is 1. The first kappa shape index (κ1) is 14.5. The maximum absolute atomic E-state index is 11.5. The van der Waals surface area contributed by atoms with Gasteiger partial charge in [-0.15, -0.1) is 0 Å². The molecule has 0 spiro atoms. The highest BCUT2D eigenvalue weighted by molar-refractivity contribution is 5.76. The molecule has 20 heavy (non-hydrogen) atoms. The quantitative estimate of drug-likeness (QED) is 0.756. The number of hydrogen-bond donors (Lipinski definition) is 2. The van der Waals surface area contributed by atoms with E-state index >= 15 is 0 Å². The number of para-hydroxylation sites is 2. The van der Waals surface area contributed by atoms with Gasteiger partial charge in [-0.25, -0.2) is 4.98 Å². The number of rotatable bonds is 7. The molecule has 0 aliphatic rings. The summed E-state index contributed by atoms with van der Waals surface area (Å²) in [6.07, 6.45) is 3.17. The van der Waals surface area contributed by atoms with Crippen LogP contribution in [0, 0.1) is 0 Å². The molecule has 1 heterocycles. The molecule has 5 nitrogen and oxygen atoms in total. The van der Waals surface area contributed by atoms with Crippen LogP contribution in [0.15, 0.2) is 30.6 Å². The molecule has 5 heteroatoms. The first-order valence-corrected chi connectivity index (χ1v) is 7.01. The van der Waals surface area contributed by atoms with E-state index in [4.69, 9.17) is 5.11 Å². The van der Waals surface area contributed by atoms with Crippen LogP contribution in [0.2, 0.25) is 0 Å². The van der Waals surface area contributed by atoms with Crippen LogP contribution in [0.3, 0.4) is 0 Å². The van der Waals surface area contributed by atoms with Gasteiger partial charge in [0.25, 0.3) is 0 Å². The molecule has 1 unspecified atom stereocenters. The smallest absolute Gasteiger partial charge is 0.220 e. The largest absolute Gasteiger partial charge is 0.393 e. The van der Waals surface area contributed by atoms with Gasteiger partial charge in [-0.05, 0) is 31.9 Å². The molecule has 0 fully saturated rings. The van der Waals surface area contributed by atoms with Gasteiger partial charge in [0.2, 0.25) is 5.91 Å². The first-order chi connectivity index (χ1) is 9.66. The summed E-state index contributed by atoms with van der Waals surface area (Å²) in [5.41, 5.74) is 2.11. The van der Waals surface area contributed by atoms with Crippen molar-refractivity contribution in [2.75, 3.05) is 6.54 Å². The summed E-state index contributed by atoms with van der Waals surface area (Å²) in [4.78, 5) is 15.8. The third-order valence-corrected chi connectivity index (χ3v) is 3.21. The Morgan fingerprint density at radius 3 is 3.05 bits per heavy atom. The van der Waals surface area contributed by atoms with Crippen LogP contribution in [0.1, 0.15) is 26.2 Å². The van der Waals surface area contributed by atoms with Crippen LogP contribution < -0.4 is 5.32 Å². The number of carbonyl (C=O) groups excluding carboxylic acids is 1. The van der Waals surface area contributed by atoms with E-state index in [9.17, 15) is 4.79 Å². The molecular weight excluding hydrogens is 254 g/mol. The van der Waals surface area contributed by atoms with E-state index in [0.29, 0.717) is 19.4 Å². The molecular formula is C15H21N3O2. The van der Waals surface area contributed by atoms with Crippen LogP contribution >= 0.6 is 0 Å². The molecule has 1 aromatic heterocycles. The van der Waals surface area contributed by atoms with E-state index in [2.05, 4.69) is 14.9 Å². The third kappa shape index (κ3) is 4.06. The molecule has 0 aliphatic heterocycles. The maximum atomic E-state index is 11.5. The summed E-state index contributed by atoms with van der Waals surface area (Å²) in [7, 11) is 0. The van der Waals surface area contributed by atoms with Gasteiger partial charge < -0.3 is 15.0 Å². The summed E-state index contributed by atoms with van der Waals surface area (Å²) in [6.45, 7) is 3.17. The van der Waals surface area contributed by atoms with E-state index in [1.54, 1.807) is 6.92 Å². The average molecular weight is 275 g/mol. The summed E-state index contributed by atoms with van der Waals surface area (Å²) >= 11 is 0. The van der Waals surface area contributed by atoms with Crippen molar-refractivity contribution < 1.29 is 9.90 Å². The Morgan fingerprint density at radius 1 is 1.45 bits per heavy atom. The molecule has 0 aliphatic carbocycles. The second kappa shape index (κ2) is 7.05. The normalized spacial score (nSPS) is 12.5. The predicted molar refractivity (Wildman–Crippen MR) is 78.3 cm³/mol. The van der Waals surface area contributed by atoms with Gasteiger partial charge in [0, 0.05) is 19.5 Å². The number of nitrogens with one attached hydrogen (secondary N) is 1. The summed E-state index contributed by atoms with van der Waals surface area (Å²) < 4.78 is 2.09.